The summed E-state index contributed by atoms with van der Waals surface area (Å²) in [5, 5.41) is 13.2. The van der Waals surface area contributed by atoms with Gasteiger partial charge >= 0.3 is 0 Å². The van der Waals surface area contributed by atoms with Crippen molar-refractivity contribution in [2.75, 3.05) is 19.7 Å². The second-order valence-electron chi connectivity index (χ2n) is 6.20. The van der Waals surface area contributed by atoms with Crippen molar-refractivity contribution in [2.24, 2.45) is 5.92 Å². The zero-order valence-electron chi connectivity index (χ0n) is 13.0. The second-order valence-corrected chi connectivity index (χ2v) is 6.20. The van der Waals surface area contributed by atoms with Gasteiger partial charge < -0.3 is 15.2 Å². The van der Waals surface area contributed by atoms with E-state index < -0.39 is 6.10 Å². The summed E-state index contributed by atoms with van der Waals surface area (Å²) in [7, 11) is 0. The molecule has 0 spiro atoms. The molecule has 4 heteroatoms. The highest BCUT2D eigenvalue weighted by Crippen LogP contribution is 2.25. The maximum Gasteiger partial charge on any atom is 0.0897 e. The van der Waals surface area contributed by atoms with Crippen molar-refractivity contribution >= 4 is 0 Å². The number of pyridine rings is 1. The highest BCUT2D eigenvalue weighted by Gasteiger charge is 2.20. The molecule has 4 nitrogen and oxygen atoms in total. The monoisotopic (exact) mass is 292 g/mol. The molecule has 3 unspecified atom stereocenters. The van der Waals surface area contributed by atoms with E-state index in [4.69, 9.17) is 4.74 Å². The second kappa shape index (κ2) is 9.13. The van der Waals surface area contributed by atoms with Crippen molar-refractivity contribution < 1.29 is 9.84 Å². The van der Waals surface area contributed by atoms with Crippen LogP contribution in [0.15, 0.2) is 24.5 Å². The molecule has 1 aromatic heterocycles. The molecule has 2 rings (SSSR count). The number of nitrogens with zero attached hydrogens (tertiary/aromatic N) is 1. The van der Waals surface area contributed by atoms with Crippen molar-refractivity contribution in [3.05, 3.63) is 30.1 Å². The molecule has 0 aromatic carbocycles. The molecule has 1 fully saturated rings. The van der Waals surface area contributed by atoms with Crippen LogP contribution in [0.3, 0.4) is 0 Å². The van der Waals surface area contributed by atoms with Crippen LogP contribution < -0.4 is 5.32 Å². The van der Waals surface area contributed by atoms with E-state index in [1.165, 1.54) is 18.4 Å². The molecule has 21 heavy (non-hydrogen) atoms. The molecule has 0 aliphatic heterocycles. The number of nitrogens with one attached hydrogen (secondary N) is 1. The number of rotatable bonds is 8. The average molecular weight is 292 g/mol. The molecular weight excluding hydrogens is 264 g/mol. The maximum absolute atomic E-state index is 9.94. The van der Waals surface area contributed by atoms with Crippen molar-refractivity contribution in [3.8, 4) is 0 Å². The van der Waals surface area contributed by atoms with Crippen LogP contribution in [0.1, 0.15) is 38.2 Å². The predicted octanol–water partition coefficient (Wildman–Crippen LogP) is 2.17. The van der Waals surface area contributed by atoms with Gasteiger partial charge in [-0.25, -0.2) is 0 Å². The summed E-state index contributed by atoms with van der Waals surface area (Å²) in [4.78, 5) is 4.09. The molecule has 1 aliphatic rings. The Hall–Kier alpha value is -0.970. The van der Waals surface area contributed by atoms with Gasteiger partial charge in [0.1, 0.15) is 0 Å². The molecule has 1 aromatic rings. The molecule has 0 amide bonds. The molecule has 1 saturated carbocycles. The van der Waals surface area contributed by atoms with Gasteiger partial charge in [-0.2, -0.15) is 0 Å². The normalized spacial score (nSPS) is 23.9. The Labute approximate surface area is 127 Å². The molecule has 0 bridgehead atoms. The number of ether oxygens (including phenoxy) is 1. The topological polar surface area (TPSA) is 54.4 Å². The summed E-state index contributed by atoms with van der Waals surface area (Å²) in [5.74, 6) is 0.762. The lowest BCUT2D eigenvalue weighted by Crippen LogP contribution is -2.34. The number of hydrogen-bond donors (Lipinski definition) is 2. The Morgan fingerprint density at radius 3 is 3.14 bits per heavy atom. The van der Waals surface area contributed by atoms with Gasteiger partial charge in [0, 0.05) is 18.9 Å². The Balaban J connectivity index is 1.52. The Bertz CT molecular complexity index is 386. The lowest BCUT2D eigenvalue weighted by molar-refractivity contribution is -0.0305. The molecule has 2 N–H and O–H groups in total. The van der Waals surface area contributed by atoms with E-state index in [1.807, 2.05) is 12.3 Å². The summed E-state index contributed by atoms with van der Waals surface area (Å²) in [6, 6.07) is 4.02. The minimum absolute atomic E-state index is 0.346. The molecule has 0 radical (unpaired) electrons. The van der Waals surface area contributed by atoms with E-state index in [0.717, 1.165) is 31.7 Å². The van der Waals surface area contributed by atoms with Gasteiger partial charge in [-0.3, -0.25) is 4.98 Å². The van der Waals surface area contributed by atoms with Gasteiger partial charge in [-0.05, 0) is 43.4 Å². The van der Waals surface area contributed by atoms with Crippen molar-refractivity contribution in [1.29, 1.82) is 0 Å². The van der Waals surface area contributed by atoms with Gasteiger partial charge in [0.05, 0.1) is 18.8 Å². The molecule has 1 heterocycles. The molecule has 3 atom stereocenters. The maximum atomic E-state index is 9.94. The summed E-state index contributed by atoms with van der Waals surface area (Å²) < 4.78 is 5.83. The summed E-state index contributed by atoms with van der Waals surface area (Å²) in [6.07, 6.45) is 9.38. The fraction of sp³-hybridized carbons (Fsp3) is 0.706. The zero-order chi connectivity index (χ0) is 14.9. The highest BCUT2D eigenvalue weighted by atomic mass is 16.5. The number of aromatic nitrogens is 1. The lowest BCUT2D eigenvalue weighted by atomic mass is 9.89. The minimum Gasteiger partial charge on any atom is -0.389 e. The van der Waals surface area contributed by atoms with Crippen LogP contribution in [0.5, 0.6) is 0 Å². The first-order valence-corrected chi connectivity index (χ1v) is 8.13. The van der Waals surface area contributed by atoms with Crippen molar-refractivity contribution in [3.63, 3.8) is 0 Å². The largest absolute Gasteiger partial charge is 0.389 e. The first-order chi connectivity index (χ1) is 10.2. The van der Waals surface area contributed by atoms with E-state index in [9.17, 15) is 5.11 Å². The van der Waals surface area contributed by atoms with Crippen LogP contribution in [0.25, 0.3) is 0 Å². The standard InChI is InChI=1S/C17H28N2O2/c1-14-4-2-6-17(10-14)21-13-16(20)12-19-9-7-15-5-3-8-18-11-15/h3,5,8,11,14,16-17,19-20H,2,4,6-7,9-10,12-13H2,1H3. The van der Waals surface area contributed by atoms with Crippen LogP contribution >= 0.6 is 0 Å². The SMILES string of the molecule is CC1CCCC(OCC(O)CNCCc2cccnc2)C1. The van der Waals surface area contributed by atoms with Crippen LogP contribution in [0, 0.1) is 5.92 Å². The van der Waals surface area contributed by atoms with Crippen LogP contribution in [-0.2, 0) is 11.2 Å². The number of aliphatic hydroxyl groups excluding tert-OH is 1. The lowest BCUT2D eigenvalue weighted by Gasteiger charge is -2.27. The average Bonchev–Trinajstić information content (AvgIpc) is 2.51. The zero-order valence-corrected chi connectivity index (χ0v) is 13.0. The molecular formula is C17H28N2O2. The number of hydrogen-bond acceptors (Lipinski definition) is 4. The predicted molar refractivity (Wildman–Crippen MR) is 84.2 cm³/mol. The van der Waals surface area contributed by atoms with E-state index in [0.29, 0.717) is 19.3 Å². The third-order valence-corrected chi connectivity index (χ3v) is 4.11. The first kappa shape index (κ1) is 16.4. The summed E-state index contributed by atoms with van der Waals surface area (Å²) in [6.45, 7) is 4.16. The van der Waals surface area contributed by atoms with E-state index in [2.05, 4.69) is 23.3 Å². The van der Waals surface area contributed by atoms with Crippen molar-refractivity contribution in [2.45, 2.75) is 51.2 Å². The van der Waals surface area contributed by atoms with Crippen LogP contribution in [-0.4, -0.2) is 42.0 Å². The first-order valence-electron chi connectivity index (χ1n) is 8.13. The van der Waals surface area contributed by atoms with Crippen LogP contribution in [0.2, 0.25) is 0 Å². The molecule has 0 saturated heterocycles. The van der Waals surface area contributed by atoms with Gasteiger partial charge in [-0.1, -0.05) is 25.8 Å². The van der Waals surface area contributed by atoms with Gasteiger partial charge in [0.25, 0.3) is 0 Å². The van der Waals surface area contributed by atoms with E-state index in [-0.39, 0.29) is 0 Å². The third kappa shape index (κ3) is 6.55. The molecule has 1 aliphatic carbocycles. The van der Waals surface area contributed by atoms with Gasteiger partial charge in [0.15, 0.2) is 0 Å². The minimum atomic E-state index is -0.420. The highest BCUT2D eigenvalue weighted by molar-refractivity contribution is 5.08. The van der Waals surface area contributed by atoms with E-state index >= 15 is 0 Å². The van der Waals surface area contributed by atoms with Crippen LogP contribution in [0.4, 0.5) is 0 Å². The van der Waals surface area contributed by atoms with Crippen molar-refractivity contribution in [1.82, 2.24) is 10.3 Å². The summed E-state index contributed by atoms with van der Waals surface area (Å²) >= 11 is 0. The third-order valence-electron chi connectivity index (χ3n) is 4.11. The van der Waals surface area contributed by atoms with Gasteiger partial charge in [-0.15, -0.1) is 0 Å². The fourth-order valence-corrected chi connectivity index (χ4v) is 2.88. The summed E-state index contributed by atoms with van der Waals surface area (Å²) in [5.41, 5.74) is 1.21. The van der Waals surface area contributed by atoms with E-state index in [1.54, 1.807) is 6.20 Å². The molecule has 118 valence electrons. The fourth-order valence-electron chi connectivity index (χ4n) is 2.88. The smallest absolute Gasteiger partial charge is 0.0897 e. The van der Waals surface area contributed by atoms with Gasteiger partial charge in [0.2, 0.25) is 0 Å². The quantitative estimate of drug-likeness (QED) is 0.721. The Morgan fingerprint density at radius 1 is 1.48 bits per heavy atom. The number of aliphatic hydroxyl groups is 1. The Morgan fingerprint density at radius 2 is 2.38 bits per heavy atom. The Kier molecular flexibility index (Phi) is 7.13.